The summed E-state index contributed by atoms with van der Waals surface area (Å²) in [7, 11) is 3.29. The third kappa shape index (κ3) is 3.47. The summed E-state index contributed by atoms with van der Waals surface area (Å²) in [4.78, 5) is 44.2. The number of hydrogen-bond acceptors (Lipinski definition) is 5. The number of nitrogens with one attached hydrogen (secondary N) is 1. The molecule has 4 rings (SSSR count). The quantitative estimate of drug-likeness (QED) is 0.695. The second-order valence-corrected chi connectivity index (χ2v) is 8.48. The van der Waals surface area contributed by atoms with Crippen LogP contribution in [0.2, 0.25) is 0 Å². The van der Waals surface area contributed by atoms with Crippen molar-refractivity contribution < 1.29 is 9.59 Å². The number of likely N-dealkylation sites (tertiary alicyclic amines) is 1. The molecule has 9 heteroatoms. The average Bonchev–Trinajstić information content (AvgIpc) is 3.13. The molecule has 4 heterocycles. The Morgan fingerprint density at radius 2 is 1.90 bits per heavy atom. The summed E-state index contributed by atoms with van der Waals surface area (Å²) in [5.74, 6) is -0.662. The number of pyridine rings is 2. The summed E-state index contributed by atoms with van der Waals surface area (Å²) in [6.45, 7) is 5.31. The summed E-state index contributed by atoms with van der Waals surface area (Å²) in [6, 6.07) is 3.37. The van der Waals surface area contributed by atoms with Gasteiger partial charge in [-0.05, 0) is 17.5 Å². The fourth-order valence-corrected chi connectivity index (χ4v) is 3.84. The van der Waals surface area contributed by atoms with Gasteiger partial charge in [0.25, 0.3) is 11.5 Å². The van der Waals surface area contributed by atoms with Gasteiger partial charge in [-0.1, -0.05) is 13.8 Å². The van der Waals surface area contributed by atoms with Crippen LogP contribution in [0.25, 0.3) is 22.2 Å². The summed E-state index contributed by atoms with van der Waals surface area (Å²) in [5, 5.41) is 7.26. The largest absolute Gasteiger partial charge is 0.355 e. The number of hydrogen-bond donors (Lipinski definition) is 1. The maximum absolute atomic E-state index is 13.0. The molecule has 3 aromatic heterocycles. The van der Waals surface area contributed by atoms with Gasteiger partial charge in [0.05, 0.1) is 6.20 Å². The van der Waals surface area contributed by atoms with Gasteiger partial charge in [0.1, 0.15) is 17.8 Å². The predicted molar refractivity (Wildman–Crippen MR) is 112 cm³/mol. The zero-order valence-corrected chi connectivity index (χ0v) is 17.5. The van der Waals surface area contributed by atoms with Gasteiger partial charge in [0, 0.05) is 56.1 Å². The lowest BCUT2D eigenvalue weighted by molar-refractivity contribution is -0.142. The van der Waals surface area contributed by atoms with Crippen molar-refractivity contribution in [3.8, 4) is 11.1 Å². The topological polar surface area (TPSA) is 102 Å². The van der Waals surface area contributed by atoms with E-state index in [1.165, 1.54) is 17.7 Å². The number of amides is 2. The van der Waals surface area contributed by atoms with Crippen LogP contribution in [0.1, 0.15) is 24.2 Å². The molecule has 2 amide bonds. The van der Waals surface area contributed by atoms with Gasteiger partial charge in [-0.15, -0.1) is 0 Å². The Bertz CT molecular complexity index is 1220. The third-order valence-electron chi connectivity index (χ3n) is 5.32. The molecule has 0 saturated carbocycles. The summed E-state index contributed by atoms with van der Waals surface area (Å²) in [6.07, 6.45) is 5.22. The van der Waals surface area contributed by atoms with Crippen molar-refractivity contribution in [1.29, 1.82) is 0 Å². The molecule has 0 unspecified atom stereocenters. The van der Waals surface area contributed by atoms with E-state index in [4.69, 9.17) is 0 Å². The predicted octanol–water partition coefficient (Wildman–Crippen LogP) is 1.02. The fraction of sp³-hybridized carbons (Fsp3) is 0.381. The molecular weight excluding hydrogens is 384 g/mol. The molecule has 0 aliphatic carbocycles. The Hall–Kier alpha value is -3.49. The van der Waals surface area contributed by atoms with Crippen LogP contribution < -0.4 is 10.9 Å². The van der Waals surface area contributed by atoms with Gasteiger partial charge in [0.2, 0.25) is 5.91 Å². The van der Waals surface area contributed by atoms with E-state index in [-0.39, 0.29) is 23.4 Å². The monoisotopic (exact) mass is 408 g/mol. The maximum atomic E-state index is 13.0. The standard InChI is InChI=1S/C21H24N6O3/c1-21(2)11-26(12-21)17(28)10-27-18-13(6-16(20(27)30)19(29)22-3)5-14(7-23-18)15-8-24-25(4)9-15/h5-9H,10-12H2,1-4H3,(H,22,29). The molecule has 0 bridgehead atoms. The molecular formula is C21H24N6O3. The van der Waals surface area contributed by atoms with Crippen molar-refractivity contribution in [3.63, 3.8) is 0 Å². The van der Waals surface area contributed by atoms with E-state index >= 15 is 0 Å². The Morgan fingerprint density at radius 1 is 1.17 bits per heavy atom. The van der Waals surface area contributed by atoms with E-state index in [2.05, 4.69) is 29.2 Å². The summed E-state index contributed by atoms with van der Waals surface area (Å²) in [5.41, 5.74) is 1.57. The highest BCUT2D eigenvalue weighted by Gasteiger charge is 2.37. The molecule has 1 fully saturated rings. The number of aromatic nitrogens is 4. The first kappa shape index (κ1) is 19.8. The van der Waals surface area contributed by atoms with Crippen molar-refractivity contribution in [1.82, 2.24) is 29.5 Å². The first-order chi connectivity index (χ1) is 14.2. The van der Waals surface area contributed by atoms with Crippen LogP contribution in [-0.2, 0) is 18.4 Å². The second-order valence-electron chi connectivity index (χ2n) is 8.48. The smallest absolute Gasteiger partial charge is 0.265 e. The van der Waals surface area contributed by atoms with Crippen molar-refractivity contribution in [2.45, 2.75) is 20.4 Å². The van der Waals surface area contributed by atoms with Crippen LogP contribution in [-0.4, -0.2) is 56.2 Å². The molecule has 1 aliphatic rings. The van der Waals surface area contributed by atoms with E-state index < -0.39 is 11.5 Å². The van der Waals surface area contributed by atoms with Gasteiger partial charge in [-0.2, -0.15) is 5.10 Å². The lowest BCUT2D eigenvalue weighted by Gasteiger charge is -2.45. The molecule has 1 aliphatic heterocycles. The van der Waals surface area contributed by atoms with Crippen molar-refractivity contribution in [2.75, 3.05) is 20.1 Å². The molecule has 0 atom stereocenters. The third-order valence-corrected chi connectivity index (χ3v) is 5.32. The van der Waals surface area contributed by atoms with E-state index in [0.717, 1.165) is 11.1 Å². The number of fused-ring (bicyclic) bond motifs is 1. The Labute approximate surface area is 173 Å². The molecule has 156 valence electrons. The van der Waals surface area contributed by atoms with Gasteiger partial charge >= 0.3 is 0 Å². The molecule has 30 heavy (non-hydrogen) atoms. The Balaban J connectivity index is 1.80. The van der Waals surface area contributed by atoms with Crippen molar-refractivity contribution >= 4 is 22.8 Å². The number of carbonyl (C=O) groups excluding carboxylic acids is 2. The summed E-state index contributed by atoms with van der Waals surface area (Å²) >= 11 is 0. The first-order valence-corrected chi connectivity index (χ1v) is 9.71. The van der Waals surface area contributed by atoms with E-state index in [0.29, 0.717) is 24.1 Å². The molecule has 9 nitrogen and oxygen atoms in total. The zero-order valence-electron chi connectivity index (χ0n) is 17.5. The van der Waals surface area contributed by atoms with Crippen LogP contribution >= 0.6 is 0 Å². The number of aryl methyl sites for hydroxylation is 1. The average molecular weight is 408 g/mol. The van der Waals surface area contributed by atoms with Gasteiger partial charge < -0.3 is 10.2 Å². The molecule has 3 aromatic rings. The minimum absolute atomic E-state index is 0.0214. The second kappa shape index (κ2) is 7.08. The SMILES string of the molecule is CNC(=O)c1cc2cc(-c3cnn(C)c3)cnc2n(CC(=O)N2CC(C)(C)C2)c1=O. The van der Waals surface area contributed by atoms with Gasteiger partial charge in [-0.3, -0.25) is 23.6 Å². The first-order valence-electron chi connectivity index (χ1n) is 9.71. The fourth-order valence-electron chi connectivity index (χ4n) is 3.84. The normalized spacial score (nSPS) is 15.1. The minimum atomic E-state index is -0.531. The van der Waals surface area contributed by atoms with Crippen LogP contribution in [0, 0.1) is 5.41 Å². The van der Waals surface area contributed by atoms with E-state index in [1.807, 2.05) is 19.3 Å². The van der Waals surface area contributed by atoms with Crippen LogP contribution in [0.4, 0.5) is 0 Å². The highest BCUT2D eigenvalue weighted by molar-refractivity contribution is 5.97. The van der Waals surface area contributed by atoms with Gasteiger partial charge in [-0.25, -0.2) is 4.98 Å². The van der Waals surface area contributed by atoms with Crippen LogP contribution in [0.3, 0.4) is 0 Å². The number of nitrogens with zero attached hydrogens (tertiary/aromatic N) is 5. The maximum Gasteiger partial charge on any atom is 0.265 e. The molecule has 0 spiro atoms. The van der Waals surface area contributed by atoms with E-state index in [1.54, 1.807) is 22.0 Å². The number of rotatable bonds is 4. The lowest BCUT2D eigenvalue weighted by atomic mass is 9.84. The van der Waals surface area contributed by atoms with Crippen LogP contribution in [0.15, 0.2) is 35.5 Å². The Morgan fingerprint density at radius 3 is 2.50 bits per heavy atom. The highest BCUT2D eigenvalue weighted by atomic mass is 16.2. The van der Waals surface area contributed by atoms with Gasteiger partial charge in [0.15, 0.2) is 0 Å². The number of carbonyl (C=O) groups is 2. The zero-order chi connectivity index (χ0) is 21.6. The molecule has 1 saturated heterocycles. The molecule has 0 aromatic carbocycles. The highest BCUT2D eigenvalue weighted by Crippen LogP contribution is 2.29. The molecule has 1 N–H and O–H groups in total. The van der Waals surface area contributed by atoms with Crippen molar-refractivity contribution in [3.05, 3.63) is 46.6 Å². The van der Waals surface area contributed by atoms with E-state index in [9.17, 15) is 14.4 Å². The Kier molecular flexibility index (Phi) is 4.68. The molecule has 0 radical (unpaired) electrons. The minimum Gasteiger partial charge on any atom is -0.355 e. The van der Waals surface area contributed by atoms with Crippen molar-refractivity contribution in [2.24, 2.45) is 12.5 Å². The van der Waals surface area contributed by atoms with Crippen LogP contribution in [0.5, 0.6) is 0 Å². The lowest BCUT2D eigenvalue weighted by Crippen LogP contribution is -2.56. The summed E-state index contributed by atoms with van der Waals surface area (Å²) < 4.78 is 2.98.